The first kappa shape index (κ1) is 25.2. The van der Waals surface area contributed by atoms with Crippen molar-refractivity contribution in [1.82, 2.24) is 20.3 Å². The summed E-state index contributed by atoms with van der Waals surface area (Å²) < 4.78 is 19.9. The van der Waals surface area contributed by atoms with Crippen LogP contribution in [0.15, 0.2) is 60.9 Å². The Hall–Kier alpha value is -4.11. The van der Waals surface area contributed by atoms with E-state index in [2.05, 4.69) is 20.6 Å². The van der Waals surface area contributed by atoms with Crippen LogP contribution in [0.2, 0.25) is 0 Å². The number of aromatic nitrogens is 3. The van der Waals surface area contributed by atoms with Crippen LogP contribution in [0.4, 0.5) is 16.0 Å². The number of halogens is 1. The molecule has 4 aromatic rings. The van der Waals surface area contributed by atoms with Gasteiger partial charge in [0.05, 0.1) is 22.9 Å². The molecule has 1 amide bonds. The number of carbonyl (C=O) groups is 1. The molecule has 8 nitrogen and oxygen atoms in total. The van der Waals surface area contributed by atoms with Gasteiger partial charge in [-0.05, 0) is 62.6 Å². The molecule has 2 saturated heterocycles. The Bertz CT molecular complexity index is 1510. The van der Waals surface area contributed by atoms with Crippen molar-refractivity contribution in [3.63, 3.8) is 0 Å². The summed E-state index contributed by atoms with van der Waals surface area (Å²) >= 11 is 0. The van der Waals surface area contributed by atoms with Gasteiger partial charge >= 0.3 is 0 Å². The van der Waals surface area contributed by atoms with Gasteiger partial charge in [-0.15, -0.1) is 0 Å². The molecule has 2 atom stereocenters. The van der Waals surface area contributed by atoms with E-state index in [1.165, 1.54) is 0 Å². The Morgan fingerprint density at radius 2 is 2.00 bits per heavy atom. The number of benzene rings is 2. The second-order valence-electron chi connectivity index (χ2n) is 10.1. The Balaban J connectivity index is 1.34. The van der Waals surface area contributed by atoms with Crippen molar-refractivity contribution >= 4 is 28.3 Å². The number of pyridine rings is 1. The molecular weight excluding hydrogens is 495 g/mol. The fourth-order valence-corrected chi connectivity index (χ4v) is 5.41. The SMILES string of the molecule is Cc1ccc2c(N3CC[C@H](CF)C3=O)cccc2c1Oc1ncccc1-c1ccnc(N[C@H]2CCCNC2)n1. The quantitative estimate of drug-likeness (QED) is 0.339. The van der Waals surface area contributed by atoms with Gasteiger partial charge < -0.3 is 20.3 Å². The van der Waals surface area contributed by atoms with Crippen molar-refractivity contribution in [1.29, 1.82) is 0 Å². The molecule has 2 aliphatic heterocycles. The number of rotatable bonds is 7. The summed E-state index contributed by atoms with van der Waals surface area (Å²) in [4.78, 5) is 28.2. The average Bonchev–Trinajstić information content (AvgIpc) is 3.35. The summed E-state index contributed by atoms with van der Waals surface area (Å²) in [6.07, 6.45) is 6.14. The van der Waals surface area contributed by atoms with Crippen LogP contribution in [0.25, 0.3) is 22.0 Å². The normalized spacial score (nSPS) is 19.4. The number of amides is 1. The van der Waals surface area contributed by atoms with Gasteiger partial charge in [-0.1, -0.05) is 24.3 Å². The van der Waals surface area contributed by atoms with Gasteiger partial charge in [0.15, 0.2) is 0 Å². The first-order valence-electron chi connectivity index (χ1n) is 13.5. The Morgan fingerprint density at radius 1 is 1.08 bits per heavy atom. The third kappa shape index (κ3) is 5.02. The van der Waals surface area contributed by atoms with Gasteiger partial charge in [0, 0.05) is 42.3 Å². The molecule has 6 rings (SSSR count). The summed E-state index contributed by atoms with van der Waals surface area (Å²) in [7, 11) is 0. The Morgan fingerprint density at radius 3 is 2.82 bits per heavy atom. The first-order chi connectivity index (χ1) is 19.1. The number of nitrogens with one attached hydrogen (secondary N) is 2. The minimum atomic E-state index is -0.631. The molecule has 2 fully saturated rings. The molecular formula is C30H31FN6O2. The highest BCUT2D eigenvalue weighted by Gasteiger charge is 2.33. The summed E-state index contributed by atoms with van der Waals surface area (Å²) in [5.74, 6) is 0.918. The van der Waals surface area contributed by atoms with Crippen LogP contribution in [0.5, 0.6) is 11.6 Å². The number of nitrogens with zero attached hydrogens (tertiary/aromatic N) is 4. The number of anilines is 2. The van der Waals surface area contributed by atoms with Crippen molar-refractivity contribution in [3.8, 4) is 22.9 Å². The van der Waals surface area contributed by atoms with Crippen LogP contribution in [0.1, 0.15) is 24.8 Å². The van der Waals surface area contributed by atoms with E-state index in [0.717, 1.165) is 53.5 Å². The fraction of sp³-hybridized carbons (Fsp3) is 0.333. The number of alkyl halides is 1. The molecule has 2 aliphatic rings. The van der Waals surface area contributed by atoms with E-state index >= 15 is 0 Å². The molecule has 0 unspecified atom stereocenters. The van der Waals surface area contributed by atoms with E-state index < -0.39 is 12.6 Å². The van der Waals surface area contributed by atoms with Crippen LogP contribution in [0.3, 0.4) is 0 Å². The summed E-state index contributed by atoms with van der Waals surface area (Å²) in [6, 6.07) is 15.7. The van der Waals surface area contributed by atoms with Crippen molar-refractivity contribution in [2.24, 2.45) is 5.92 Å². The van der Waals surface area contributed by atoms with Crippen LogP contribution in [0, 0.1) is 12.8 Å². The fourth-order valence-electron chi connectivity index (χ4n) is 5.41. The second kappa shape index (κ2) is 10.9. The minimum Gasteiger partial charge on any atom is -0.437 e. The molecule has 2 aromatic carbocycles. The van der Waals surface area contributed by atoms with E-state index in [1.54, 1.807) is 17.3 Å². The van der Waals surface area contributed by atoms with Crippen LogP contribution < -0.4 is 20.3 Å². The van der Waals surface area contributed by atoms with Crippen molar-refractivity contribution in [3.05, 3.63) is 66.5 Å². The molecule has 0 spiro atoms. The summed E-state index contributed by atoms with van der Waals surface area (Å²) in [5, 5.41) is 8.57. The predicted molar refractivity (Wildman–Crippen MR) is 150 cm³/mol. The lowest BCUT2D eigenvalue weighted by atomic mass is 10.0. The maximum Gasteiger partial charge on any atom is 0.232 e. The largest absolute Gasteiger partial charge is 0.437 e. The molecule has 9 heteroatoms. The number of fused-ring (bicyclic) bond motifs is 1. The van der Waals surface area contributed by atoms with Gasteiger partial charge in [0.2, 0.25) is 17.7 Å². The summed E-state index contributed by atoms with van der Waals surface area (Å²) in [5.41, 5.74) is 3.15. The van der Waals surface area contributed by atoms with Crippen molar-refractivity contribution in [2.45, 2.75) is 32.2 Å². The van der Waals surface area contributed by atoms with Crippen molar-refractivity contribution in [2.75, 3.05) is 36.5 Å². The van der Waals surface area contributed by atoms with E-state index in [9.17, 15) is 9.18 Å². The second-order valence-corrected chi connectivity index (χ2v) is 10.1. The number of aryl methyl sites for hydroxylation is 1. The zero-order valence-corrected chi connectivity index (χ0v) is 21.9. The van der Waals surface area contributed by atoms with Gasteiger partial charge in [0.25, 0.3) is 0 Å². The molecule has 2 N–H and O–H groups in total. The van der Waals surface area contributed by atoms with Crippen LogP contribution >= 0.6 is 0 Å². The molecule has 0 bridgehead atoms. The van der Waals surface area contributed by atoms with E-state index in [-0.39, 0.29) is 11.9 Å². The van der Waals surface area contributed by atoms with Gasteiger partial charge in [-0.25, -0.2) is 15.0 Å². The topological polar surface area (TPSA) is 92.3 Å². The van der Waals surface area contributed by atoms with Crippen molar-refractivity contribution < 1.29 is 13.9 Å². The van der Waals surface area contributed by atoms with E-state index in [1.807, 2.05) is 55.5 Å². The molecule has 0 aliphatic carbocycles. The third-order valence-electron chi connectivity index (χ3n) is 7.51. The van der Waals surface area contributed by atoms with Crippen LogP contribution in [-0.4, -0.2) is 53.2 Å². The minimum absolute atomic E-state index is 0.169. The van der Waals surface area contributed by atoms with Gasteiger partial charge in [0.1, 0.15) is 12.4 Å². The molecule has 4 heterocycles. The number of hydrogen-bond acceptors (Lipinski definition) is 7. The number of piperidine rings is 1. The monoisotopic (exact) mass is 526 g/mol. The van der Waals surface area contributed by atoms with Gasteiger partial charge in [-0.3, -0.25) is 9.18 Å². The Labute approximate surface area is 226 Å². The van der Waals surface area contributed by atoms with E-state index in [0.29, 0.717) is 36.2 Å². The summed E-state index contributed by atoms with van der Waals surface area (Å²) in [6.45, 7) is 3.77. The lowest BCUT2D eigenvalue weighted by molar-refractivity contribution is -0.120. The maximum atomic E-state index is 13.3. The van der Waals surface area contributed by atoms with Gasteiger partial charge in [-0.2, -0.15) is 0 Å². The smallest absolute Gasteiger partial charge is 0.232 e. The predicted octanol–water partition coefficient (Wildman–Crippen LogP) is 5.28. The highest BCUT2D eigenvalue weighted by molar-refractivity contribution is 6.07. The van der Waals surface area contributed by atoms with Crippen LogP contribution in [-0.2, 0) is 4.79 Å². The highest BCUT2D eigenvalue weighted by atomic mass is 19.1. The zero-order valence-electron chi connectivity index (χ0n) is 21.9. The molecule has 39 heavy (non-hydrogen) atoms. The number of ether oxygens (including phenoxy) is 1. The lowest BCUT2D eigenvalue weighted by Crippen LogP contribution is -2.38. The molecule has 2 aromatic heterocycles. The molecule has 0 saturated carbocycles. The number of carbonyl (C=O) groups excluding carboxylic acids is 1. The average molecular weight is 527 g/mol. The maximum absolute atomic E-state index is 13.3. The van der Waals surface area contributed by atoms with E-state index in [4.69, 9.17) is 9.72 Å². The zero-order chi connectivity index (χ0) is 26.8. The highest BCUT2D eigenvalue weighted by Crippen LogP contribution is 2.40. The lowest BCUT2D eigenvalue weighted by Gasteiger charge is -2.23. The molecule has 0 radical (unpaired) electrons. The Kier molecular flexibility index (Phi) is 7.06. The standard InChI is InChI=1S/C30H31FN6O2/c1-19-9-10-22-23(6-2-8-26(22)37-16-12-20(17-31)29(37)38)27(19)39-28-24(7-4-14-33-28)25-11-15-34-30(36-25)35-21-5-3-13-32-18-21/h2,4,6-11,14-15,20-21,32H,3,5,12-13,16-18H2,1H3,(H,34,35,36)/t20-,21+/m1/s1. The molecule has 200 valence electrons. The first-order valence-corrected chi connectivity index (χ1v) is 13.5. The third-order valence-corrected chi connectivity index (χ3v) is 7.51. The number of hydrogen-bond donors (Lipinski definition) is 2.